The molecule has 0 N–H and O–H groups in total. The lowest BCUT2D eigenvalue weighted by Gasteiger charge is -2.28. The summed E-state index contributed by atoms with van der Waals surface area (Å²) in [7, 11) is 0. The van der Waals surface area contributed by atoms with E-state index in [0.717, 1.165) is 16.8 Å². The van der Waals surface area contributed by atoms with Gasteiger partial charge in [-0.2, -0.15) is 0 Å². The van der Waals surface area contributed by atoms with Gasteiger partial charge < -0.3 is 4.90 Å². The molecule has 3 heteroatoms. The number of nitrogens with zero attached hydrogens (tertiary/aromatic N) is 2. The highest BCUT2D eigenvalue weighted by molar-refractivity contribution is 9.10. The van der Waals surface area contributed by atoms with Gasteiger partial charge in [-0.25, -0.2) is 4.98 Å². The van der Waals surface area contributed by atoms with E-state index in [2.05, 4.69) is 44.9 Å². The number of halogens is 1. The van der Waals surface area contributed by atoms with E-state index in [-0.39, 0.29) is 0 Å². The van der Waals surface area contributed by atoms with Crippen LogP contribution in [0.3, 0.4) is 0 Å². The Balaban J connectivity index is 2.16. The molecular weight excluding hydrogens is 252 g/mol. The fourth-order valence-corrected chi connectivity index (χ4v) is 2.39. The predicted molar refractivity (Wildman–Crippen MR) is 67.2 cm³/mol. The van der Waals surface area contributed by atoms with Gasteiger partial charge in [0.15, 0.2) is 0 Å². The molecule has 2 rings (SSSR count). The summed E-state index contributed by atoms with van der Waals surface area (Å²) in [5, 5.41) is 0. The molecule has 0 bridgehead atoms. The van der Waals surface area contributed by atoms with Crippen LogP contribution < -0.4 is 4.90 Å². The van der Waals surface area contributed by atoms with Gasteiger partial charge in [0.1, 0.15) is 5.82 Å². The third-order valence-corrected chi connectivity index (χ3v) is 3.53. The van der Waals surface area contributed by atoms with Crippen LogP contribution in [-0.4, -0.2) is 17.6 Å². The smallest absolute Gasteiger partial charge is 0.128 e. The van der Waals surface area contributed by atoms with E-state index in [1.807, 2.05) is 6.20 Å². The summed E-state index contributed by atoms with van der Waals surface area (Å²) in [6, 6.07) is 4.80. The highest BCUT2D eigenvalue weighted by Gasteiger charge is 2.17. The topological polar surface area (TPSA) is 16.1 Å². The number of pyridine rings is 1. The van der Waals surface area contributed by atoms with Gasteiger partial charge in [-0.1, -0.05) is 12.8 Å². The average molecular weight is 269 g/mol. The lowest BCUT2D eigenvalue weighted by atomic mass is 10.1. The molecule has 1 aromatic rings. The van der Waals surface area contributed by atoms with Crippen molar-refractivity contribution in [3.63, 3.8) is 0 Å². The zero-order chi connectivity index (χ0) is 10.7. The average Bonchev–Trinajstić information content (AvgIpc) is 2.44. The van der Waals surface area contributed by atoms with Crippen LogP contribution in [0.5, 0.6) is 0 Å². The highest BCUT2D eigenvalue weighted by Crippen LogP contribution is 2.23. The second kappa shape index (κ2) is 4.97. The maximum atomic E-state index is 4.47. The highest BCUT2D eigenvalue weighted by atomic mass is 79.9. The van der Waals surface area contributed by atoms with Crippen LogP contribution in [0.4, 0.5) is 5.82 Å². The van der Waals surface area contributed by atoms with Crippen molar-refractivity contribution in [2.45, 2.75) is 38.6 Å². The summed E-state index contributed by atoms with van der Waals surface area (Å²) in [5.41, 5.74) is 0. The minimum atomic E-state index is 0.626. The standard InChI is InChI=1S/C12H17BrN2/c1-10-5-3-2-4-8-15(10)12-7-6-11(13)9-14-12/h6-7,9-10H,2-5,8H2,1H3. The number of anilines is 1. The van der Waals surface area contributed by atoms with Gasteiger partial charge in [0, 0.05) is 23.3 Å². The molecule has 0 radical (unpaired) electrons. The zero-order valence-corrected chi connectivity index (χ0v) is 10.7. The minimum Gasteiger partial charge on any atom is -0.354 e. The lowest BCUT2D eigenvalue weighted by molar-refractivity contribution is 0.611. The first-order valence-electron chi connectivity index (χ1n) is 5.65. The van der Waals surface area contributed by atoms with Gasteiger partial charge >= 0.3 is 0 Å². The van der Waals surface area contributed by atoms with Crippen molar-refractivity contribution in [2.24, 2.45) is 0 Å². The van der Waals surface area contributed by atoms with Gasteiger partial charge in [0.2, 0.25) is 0 Å². The molecule has 15 heavy (non-hydrogen) atoms. The first-order chi connectivity index (χ1) is 7.27. The Hall–Kier alpha value is -0.570. The van der Waals surface area contributed by atoms with Gasteiger partial charge in [-0.05, 0) is 47.8 Å². The third kappa shape index (κ3) is 2.71. The molecule has 0 saturated carbocycles. The SMILES string of the molecule is CC1CCCCCN1c1ccc(Br)cn1. The van der Waals surface area contributed by atoms with Crippen molar-refractivity contribution in [2.75, 3.05) is 11.4 Å². The summed E-state index contributed by atoms with van der Waals surface area (Å²) < 4.78 is 1.05. The first kappa shape index (κ1) is 10.9. The van der Waals surface area contributed by atoms with Gasteiger partial charge in [-0.3, -0.25) is 0 Å². The second-order valence-corrected chi connectivity index (χ2v) is 5.14. The van der Waals surface area contributed by atoms with Crippen LogP contribution in [0.2, 0.25) is 0 Å². The van der Waals surface area contributed by atoms with E-state index in [1.54, 1.807) is 0 Å². The Morgan fingerprint density at radius 1 is 1.33 bits per heavy atom. The minimum absolute atomic E-state index is 0.626. The molecule has 1 aliphatic rings. The lowest BCUT2D eigenvalue weighted by Crippen LogP contribution is -2.33. The Morgan fingerprint density at radius 2 is 2.20 bits per heavy atom. The van der Waals surface area contributed by atoms with E-state index in [0.29, 0.717) is 6.04 Å². The van der Waals surface area contributed by atoms with Crippen molar-refractivity contribution in [3.8, 4) is 0 Å². The monoisotopic (exact) mass is 268 g/mol. The molecule has 1 fully saturated rings. The Bertz CT molecular complexity index is 310. The van der Waals surface area contributed by atoms with Crippen LogP contribution in [0.15, 0.2) is 22.8 Å². The quantitative estimate of drug-likeness (QED) is 0.774. The molecule has 1 saturated heterocycles. The molecule has 2 nitrogen and oxygen atoms in total. The van der Waals surface area contributed by atoms with Crippen molar-refractivity contribution < 1.29 is 0 Å². The first-order valence-corrected chi connectivity index (χ1v) is 6.45. The van der Waals surface area contributed by atoms with E-state index >= 15 is 0 Å². The van der Waals surface area contributed by atoms with Crippen LogP contribution in [0, 0.1) is 0 Å². The van der Waals surface area contributed by atoms with E-state index in [9.17, 15) is 0 Å². The van der Waals surface area contributed by atoms with Crippen molar-refractivity contribution in [3.05, 3.63) is 22.8 Å². The maximum Gasteiger partial charge on any atom is 0.128 e. The number of hydrogen-bond donors (Lipinski definition) is 0. The van der Waals surface area contributed by atoms with E-state index in [4.69, 9.17) is 0 Å². The van der Waals surface area contributed by atoms with Gasteiger partial charge in [0.05, 0.1) is 0 Å². The maximum absolute atomic E-state index is 4.47. The summed E-state index contributed by atoms with van der Waals surface area (Å²) in [4.78, 5) is 6.90. The van der Waals surface area contributed by atoms with Gasteiger partial charge in [0.25, 0.3) is 0 Å². The molecule has 1 aliphatic heterocycles. The van der Waals surface area contributed by atoms with Crippen LogP contribution in [0.25, 0.3) is 0 Å². The molecule has 1 aromatic heterocycles. The molecular formula is C12H17BrN2. The molecule has 1 atom stereocenters. The molecule has 0 amide bonds. The number of aromatic nitrogens is 1. The third-order valence-electron chi connectivity index (χ3n) is 3.06. The van der Waals surface area contributed by atoms with Crippen molar-refractivity contribution in [1.29, 1.82) is 0 Å². The second-order valence-electron chi connectivity index (χ2n) is 4.23. The largest absolute Gasteiger partial charge is 0.354 e. The van der Waals surface area contributed by atoms with Crippen LogP contribution in [0.1, 0.15) is 32.6 Å². The predicted octanol–water partition coefficient (Wildman–Crippen LogP) is 3.61. The Morgan fingerprint density at radius 3 is 2.93 bits per heavy atom. The molecule has 0 spiro atoms. The molecule has 0 aromatic carbocycles. The zero-order valence-electron chi connectivity index (χ0n) is 9.12. The molecule has 2 heterocycles. The molecule has 1 unspecified atom stereocenters. The number of hydrogen-bond acceptors (Lipinski definition) is 2. The summed E-state index contributed by atoms with van der Waals surface area (Å²) in [6.07, 6.45) is 7.18. The fraction of sp³-hybridized carbons (Fsp3) is 0.583. The van der Waals surface area contributed by atoms with Gasteiger partial charge in [-0.15, -0.1) is 0 Å². The van der Waals surface area contributed by atoms with E-state index < -0.39 is 0 Å². The molecule has 0 aliphatic carbocycles. The summed E-state index contributed by atoms with van der Waals surface area (Å²) >= 11 is 3.42. The Labute approximate surface area is 99.8 Å². The summed E-state index contributed by atoms with van der Waals surface area (Å²) in [5.74, 6) is 1.12. The normalized spacial score (nSPS) is 22.5. The van der Waals surface area contributed by atoms with Crippen LogP contribution >= 0.6 is 15.9 Å². The van der Waals surface area contributed by atoms with Crippen LogP contribution in [-0.2, 0) is 0 Å². The number of rotatable bonds is 1. The van der Waals surface area contributed by atoms with Crippen molar-refractivity contribution >= 4 is 21.7 Å². The van der Waals surface area contributed by atoms with E-state index in [1.165, 1.54) is 25.7 Å². The summed E-state index contributed by atoms with van der Waals surface area (Å²) in [6.45, 7) is 3.45. The fourth-order valence-electron chi connectivity index (χ4n) is 2.15. The Kier molecular flexibility index (Phi) is 3.62. The van der Waals surface area contributed by atoms with Crippen molar-refractivity contribution in [1.82, 2.24) is 4.98 Å². The molecule has 82 valence electrons.